The molecule has 1 heterocycles. The molecule has 0 fully saturated rings. The third-order valence-electron chi connectivity index (χ3n) is 5.70. The Kier molecular flexibility index (Phi) is 8.91. The van der Waals surface area contributed by atoms with Gasteiger partial charge in [0.25, 0.3) is 5.91 Å². The van der Waals surface area contributed by atoms with Gasteiger partial charge in [-0.3, -0.25) is 9.59 Å². The van der Waals surface area contributed by atoms with Crippen LogP contribution in [0, 0.1) is 11.2 Å². The molecule has 4 rings (SSSR count). The first kappa shape index (κ1) is 28.8. The number of nitrogens with zero attached hydrogens (tertiary/aromatic N) is 2. The standard InChI is InChI=1S/C28H27ClFN5O2.ClH/c1-28(2,3)27(37)32-15-16-5-12-22(29)21(13-16)26(36)33-19-10-11-20-23(14-19)34-24(35-25(20)31-4)17-6-8-18(30)9-7-17;/h5-14H,15H2,1-4H3,(H,32,37)(H,33,36)(H,31,34,35);1H. The van der Waals surface area contributed by atoms with Gasteiger partial charge in [0, 0.05) is 35.6 Å². The van der Waals surface area contributed by atoms with Gasteiger partial charge in [0.2, 0.25) is 5.91 Å². The highest BCUT2D eigenvalue weighted by molar-refractivity contribution is 6.34. The smallest absolute Gasteiger partial charge is 0.257 e. The minimum atomic E-state index is -0.518. The number of nitrogens with one attached hydrogen (secondary N) is 3. The van der Waals surface area contributed by atoms with Crippen LogP contribution in [0.5, 0.6) is 0 Å². The summed E-state index contributed by atoms with van der Waals surface area (Å²) in [6.07, 6.45) is 0. The molecule has 0 aliphatic rings. The second kappa shape index (κ2) is 11.8. The average molecular weight is 556 g/mol. The lowest BCUT2D eigenvalue weighted by Crippen LogP contribution is -2.34. The molecule has 38 heavy (non-hydrogen) atoms. The van der Waals surface area contributed by atoms with Crippen molar-refractivity contribution in [3.05, 3.63) is 82.6 Å². The molecule has 0 bridgehead atoms. The fraction of sp³-hybridized carbons (Fsp3) is 0.214. The van der Waals surface area contributed by atoms with E-state index in [2.05, 4.69) is 25.9 Å². The fourth-order valence-electron chi connectivity index (χ4n) is 3.63. The van der Waals surface area contributed by atoms with Crippen LogP contribution < -0.4 is 16.0 Å². The van der Waals surface area contributed by atoms with Crippen LogP contribution >= 0.6 is 24.0 Å². The molecule has 0 spiro atoms. The molecule has 0 aliphatic carbocycles. The summed E-state index contributed by atoms with van der Waals surface area (Å²) in [5, 5.41) is 9.86. The van der Waals surface area contributed by atoms with Crippen LogP contribution in [0.2, 0.25) is 5.02 Å². The zero-order chi connectivity index (χ0) is 26.7. The maximum atomic E-state index is 13.4. The lowest BCUT2D eigenvalue weighted by molar-refractivity contribution is -0.128. The highest BCUT2D eigenvalue weighted by Crippen LogP contribution is 2.28. The van der Waals surface area contributed by atoms with Crippen molar-refractivity contribution < 1.29 is 14.0 Å². The monoisotopic (exact) mass is 555 g/mol. The number of rotatable bonds is 6. The number of amides is 2. The predicted octanol–water partition coefficient (Wildman–Crippen LogP) is 6.47. The van der Waals surface area contributed by atoms with Crippen molar-refractivity contribution in [3.63, 3.8) is 0 Å². The van der Waals surface area contributed by atoms with Crippen molar-refractivity contribution in [1.29, 1.82) is 0 Å². The van der Waals surface area contributed by atoms with Gasteiger partial charge in [-0.2, -0.15) is 0 Å². The number of hydrogen-bond donors (Lipinski definition) is 3. The average Bonchev–Trinajstić information content (AvgIpc) is 2.86. The van der Waals surface area contributed by atoms with Crippen molar-refractivity contribution >= 4 is 58.2 Å². The summed E-state index contributed by atoms with van der Waals surface area (Å²) in [7, 11) is 1.75. The van der Waals surface area contributed by atoms with Gasteiger partial charge in [-0.25, -0.2) is 14.4 Å². The Balaban J connectivity index is 0.00000400. The van der Waals surface area contributed by atoms with Crippen LogP contribution in [0.1, 0.15) is 36.7 Å². The summed E-state index contributed by atoms with van der Waals surface area (Å²) in [5.74, 6) is 0.203. The van der Waals surface area contributed by atoms with E-state index in [1.807, 2.05) is 26.8 Å². The maximum absolute atomic E-state index is 13.4. The van der Waals surface area contributed by atoms with Gasteiger partial charge < -0.3 is 16.0 Å². The SMILES string of the molecule is CNc1nc(-c2ccc(F)cc2)nc2cc(NC(=O)c3cc(CNC(=O)C(C)(C)C)ccc3Cl)ccc12.Cl. The largest absolute Gasteiger partial charge is 0.373 e. The van der Waals surface area contributed by atoms with Crippen molar-refractivity contribution in [2.24, 2.45) is 5.41 Å². The number of fused-ring (bicyclic) bond motifs is 1. The molecular formula is C28H28Cl2FN5O2. The second-order valence-electron chi connectivity index (χ2n) is 9.59. The van der Waals surface area contributed by atoms with Crippen LogP contribution in [0.15, 0.2) is 60.7 Å². The van der Waals surface area contributed by atoms with Crippen molar-refractivity contribution in [1.82, 2.24) is 15.3 Å². The molecule has 3 aromatic carbocycles. The van der Waals surface area contributed by atoms with Gasteiger partial charge in [-0.05, 0) is 60.2 Å². The van der Waals surface area contributed by atoms with E-state index in [0.29, 0.717) is 33.4 Å². The Labute approximate surface area is 231 Å². The Morgan fingerprint density at radius 2 is 1.68 bits per heavy atom. The maximum Gasteiger partial charge on any atom is 0.257 e. The van der Waals surface area contributed by atoms with Crippen molar-refractivity contribution in [3.8, 4) is 11.4 Å². The topological polar surface area (TPSA) is 96.0 Å². The van der Waals surface area contributed by atoms with E-state index in [0.717, 1.165) is 10.9 Å². The van der Waals surface area contributed by atoms with Gasteiger partial charge in [-0.15, -0.1) is 12.4 Å². The van der Waals surface area contributed by atoms with E-state index in [9.17, 15) is 14.0 Å². The van der Waals surface area contributed by atoms with Crippen LogP contribution in [0.3, 0.4) is 0 Å². The summed E-state index contributed by atoms with van der Waals surface area (Å²) in [5.41, 5.74) is 2.30. The lowest BCUT2D eigenvalue weighted by Gasteiger charge is -2.18. The highest BCUT2D eigenvalue weighted by Gasteiger charge is 2.21. The quantitative estimate of drug-likeness (QED) is 0.253. The van der Waals surface area contributed by atoms with E-state index in [-0.39, 0.29) is 36.2 Å². The first-order valence-electron chi connectivity index (χ1n) is 11.7. The number of halogens is 3. The van der Waals surface area contributed by atoms with Gasteiger partial charge >= 0.3 is 0 Å². The minimum absolute atomic E-state index is 0. The molecule has 0 saturated carbocycles. The molecular weight excluding hydrogens is 528 g/mol. The van der Waals surface area contributed by atoms with Crippen LogP contribution in [-0.4, -0.2) is 28.8 Å². The molecule has 4 aromatic rings. The van der Waals surface area contributed by atoms with E-state index in [1.165, 1.54) is 12.1 Å². The highest BCUT2D eigenvalue weighted by atomic mass is 35.5. The summed E-state index contributed by atoms with van der Waals surface area (Å²) in [4.78, 5) is 34.5. The van der Waals surface area contributed by atoms with Gasteiger partial charge in [-0.1, -0.05) is 38.4 Å². The Hall–Kier alpha value is -3.75. The number of benzene rings is 3. The fourth-order valence-corrected chi connectivity index (χ4v) is 3.83. The summed E-state index contributed by atoms with van der Waals surface area (Å²) in [6, 6.07) is 16.3. The van der Waals surface area contributed by atoms with Gasteiger partial charge in [0.15, 0.2) is 5.82 Å². The molecule has 0 saturated heterocycles. The normalized spacial score (nSPS) is 11.0. The second-order valence-corrected chi connectivity index (χ2v) is 9.99. The van der Waals surface area contributed by atoms with E-state index in [1.54, 1.807) is 49.5 Å². The molecule has 0 aliphatic heterocycles. The Bertz CT molecular complexity index is 1490. The van der Waals surface area contributed by atoms with Crippen LogP contribution in [-0.2, 0) is 11.3 Å². The molecule has 1 aromatic heterocycles. The Morgan fingerprint density at radius 3 is 2.34 bits per heavy atom. The molecule has 2 amide bonds. The van der Waals surface area contributed by atoms with E-state index < -0.39 is 11.3 Å². The zero-order valence-electron chi connectivity index (χ0n) is 21.4. The first-order chi connectivity index (χ1) is 17.5. The predicted molar refractivity (Wildman–Crippen MR) is 152 cm³/mol. The van der Waals surface area contributed by atoms with E-state index >= 15 is 0 Å². The summed E-state index contributed by atoms with van der Waals surface area (Å²) >= 11 is 6.32. The summed E-state index contributed by atoms with van der Waals surface area (Å²) < 4.78 is 13.4. The third-order valence-corrected chi connectivity index (χ3v) is 6.03. The number of aromatic nitrogens is 2. The van der Waals surface area contributed by atoms with Crippen LogP contribution in [0.4, 0.5) is 15.9 Å². The molecule has 0 unspecified atom stereocenters. The van der Waals surface area contributed by atoms with Crippen LogP contribution in [0.25, 0.3) is 22.3 Å². The molecule has 3 N–H and O–H groups in total. The number of carbonyl (C=O) groups is 2. The molecule has 10 heteroatoms. The number of anilines is 2. The van der Waals surface area contributed by atoms with E-state index in [4.69, 9.17) is 11.6 Å². The molecule has 7 nitrogen and oxygen atoms in total. The number of carbonyl (C=O) groups excluding carboxylic acids is 2. The Morgan fingerprint density at radius 1 is 0.974 bits per heavy atom. The van der Waals surface area contributed by atoms with Gasteiger partial charge in [0.05, 0.1) is 16.1 Å². The zero-order valence-corrected chi connectivity index (χ0v) is 22.9. The lowest BCUT2D eigenvalue weighted by atomic mass is 9.95. The minimum Gasteiger partial charge on any atom is -0.373 e. The van der Waals surface area contributed by atoms with Crippen molar-refractivity contribution in [2.75, 3.05) is 17.7 Å². The number of hydrogen-bond acceptors (Lipinski definition) is 5. The third kappa shape index (κ3) is 6.57. The van der Waals surface area contributed by atoms with Crippen molar-refractivity contribution in [2.45, 2.75) is 27.3 Å². The molecule has 0 radical (unpaired) electrons. The molecule has 198 valence electrons. The summed E-state index contributed by atoms with van der Waals surface area (Å²) in [6.45, 7) is 5.78. The molecule has 0 atom stereocenters. The first-order valence-corrected chi connectivity index (χ1v) is 12.1. The van der Waals surface area contributed by atoms with Gasteiger partial charge in [0.1, 0.15) is 11.6 Å².